The molecule has 0 bridgehead atoms. The van der Waals surface area contributed by atoms with E-state index >= 15 is 0 Å². The average Bonchev–Trinajstić information content (AvgIpc) is 3.23. The summed E-state index contributed by atoms with van der Waals surface area (Å²) >= 11 is 0. The third kappa shape index (κ3) is 4.97. The van der Waals surface area contributed by atoms with E-state index in [1.165, 1.54) is 10.4 Å². The number of rotatable bonds is 6. The van der Waals surface area contributed by atoms with Crippen LogP contribution >= 0.6 is 0 Å². The van der Waals surface area contributed by atoms with Crippen LogP contribution in [-0.2, 0) is 14.4 Å². The molecule has 6 heteroatoms. The molecule has 1 heterocycles. The number of hydrogen-bond acceptors (Lipinski definition) is 3. The van der Waals surface area contributed by atoms with Gasteiger partial charge in [-0.25, -0.2) is 8.42 Å². The van der Waals surface area contributed by atoms with Crippen molar-refractivity contribution in [2.75, 3.05) is 13.1 Å². The van der Waals surface area contributed by atoms with E-state index in [2.05, 4.69) is 94.9 Å². The standard InChI is InChI=1S/C33H41NO3SSi/c1-24-17-19-27(20-18-24)38(35,36)34-22-25(2)30-21-32(26(3)31(30)23-34)37-39(33(4,5)6,28-13-9-7-10-14-28)29-15-11-8-12-16-29/h7-20,26,30-32H,2,21-23H2,1,3-6H3/t26-,30+,31-,32-/m0/s1. The van der Waals surface area contributed by atoms with Gasteiger partial charge in [0, 0.05) is 19.2 Å². The Morgan fingerprint density at radius 2 is 1.44 bits per heavy atom. The minimum absolute atomic E-state index is 0.0186. The molecule has 0 unspecified atom stereocenters. The molecule has 4 nitrogen and oxygen atoms in total. The number of benzene rings is 3. The molecular formula is C33H41NO3SSi. The van der Waals surface area contributed by atoms with Crippen molar-refractivity contribution in [3.63, 3.8) is 0 Å². The van der Waals surface area contributed by atoms with Crippen molar-refractivity contribution >= 4 is 28.7 Å². The molecule has 0 aromatic heterocycles. The fourth-order valence-corrected chi connectivity index (χ4v) is 13.1. The van der Waals surface area contributed by atoms with Crippen LogP contribution in [0.5, 0.6) is 0 Å². The van der Waals surface area contributed by atoms with Crippen LogP contribution in [0, 0.1) is 24.7 Å². The highest BCUT2D eigenvalue weighted by molar-refractivity contribution is 7.89. The fraction of sp³-hybridized carbons (Fsp3) is 0.394. The first kappa shape index (κ1) is 28.0. The SMILES string of the molecule is C=C1CN(S(=O)(=O)c2ccc(C)cc2)C[C@H]2[C@H](C)[C@@H](O[Si](c3ccccc3)(c3ccccc3)C(C)(C)C)C[C@H]12. The third-order valence-electron chi connectivity index (χ3n) is 8.99. The van der Waals surface area contributed by atoms with Gasteiger partial charge in [0.05, 0.1) is 4.90 Å². The van der Waals surface area contributed by atoms with Gasteiger partial charge in [0.15, 0.2) is 0 Å². The first-order chi connectivity index (χ1) is 18.4. The van der Waals surface area contributed by atoms with Crippen molar-refractivity contribution in [3.05, 3.63) is 103 Å². The van der Waals surface area contributed by atoms with Crippen molar-refractivity contribution < 1.29 is 12.8 Å². The molecule has 1 saturated carbocycles. The number of aryl methyl sites for hydroxylation is 1. The Morgan fingerprint density at radius 1 is 0.897 bits per heavy atom. The number of piperidine rings is 1. The molecule has 2 fully saturated rings. The predicted molar refractivity (Wildman–Crippen MR) is 162 cm³/mol. The Morgan fingerprint density at radius 3 is 1.95 bits per heavy atom. The van der Waals surface area contributed by atoms with Gasteiger partial charge in [-0.2, -0.15) is 4.31 Å². The zero-order valence-electron chi connectivity index (χ0n) is 23.8. The summed E-state index contributed by atoms with van der Waals surface area (Å²) in [7, 11) is -6.31. The largest absolute Gasteiger partial charge is 0.404 e. The number of hydrogen-bond donors (Lipinski definition) is 0. The molecule has 0 radical (unpaired) electrons. The molecular weight excluding hydrogens is 519 g/mol. The molecule has 3 aromatic rings. The fourth-order valence-electron chi connectivity index (χ4n) is 6.80. The van der Waals surface area contributed by atoms with E-state index in [-0.39, 0.29) is 28.9 Å². The summed E-state index contributed by atoms with van der Waals surface area (Å²) in [6.45, 7) is 16.4. The van der Waals surface area contributed by atoms with E-state index in [4.69, 9.17) is 4.43 Å². The molecule has 3 aromatic carbocycles. The highest BCUT2D eigenvalue weighted by atomic mass is 32.2. The van der Waals surface area contributed by atoms with Gasteiger partial charge in [-0.15, -0.1) is 0 Å². The van der Waals surface area contributed by atoms with E-state index in [1.54, 1.807) is 16.4 Å². The van der Waals surface area contributed by atoms with Crippen molar-refractivity contribution in [2.24, 2.45) is 17.8 Å². The number of fused-ring (bicyclic) bond motifs is 1. The van der Waals surface area contributed by atoms with Crippen molar-refractivity contribution in [3.8, 4) is 0 Å². The van der Waals surface area contributed by atoms with Gasteiger partial charge in [-0.1, -0.05) is 118 Å². The second-order valence-electron chi connectivity index (χ2n) is 12.5. The normalized spacial score (nSPS) is 24.5. The molecule has 206 valence electrons. The van der Waals surface area contributed by atoms with Crippen molar-refractivity contribution in [1.29, 1.82) is 0 Å². The summed E-state index contributed by atoms with van der Waals surface area (Å²) in [6.07, 6.45) is 0.901. The lowest BCUT2D eigenvalue weighted by Crippen LogP contribution is -2.68. The van der Waals surface area contributed by atoms with Crippen LogP contribution in [-0.4, -0.2) is 40.2 Å². The molecule has 1 aliphatic heterocycles. The van der Waals surface area contributed by atoms with E-state index in [1.807, 2.05) is 19.1 Å². The lowest BCUT2D eigenvalue weighted by Gasteiger charge is -2.45. The summed E-state index contributed by atoms with van der Waals surface area (Å²) in [6, 6.07) is 28.7. The molecule has 0 amide bonds. The number of sulfonamides is 1. The second kappa shape index (κ2) is 10.5. The first-order valence-corrected chi connectivity index (χ1v) is 17.3. The van der Waals surface area contributed by atoms with E-state index < -0.39 is 18.3 Å². The summed E-state index contributed by atoms with van der Waals surface area (Å²) < 4.78 is 36.4. The average molecular weight is 560 g/mol. The smallest absolute Gasteiger partial charge is 0.261 e. The van der Waals surface area contributed by atoms with Crippen molar-refractivity contribution in [1.82, 2.24) is 4.31 Å². The Hall–Kier alpha value is -2.51. The van der Waals surface area contributed by atoms with Gasteiger partial charge in [0.1, 0.15) is 0 Å². The van der Waals surface area contributed by atoms with Gasteiger partial charge in [0.25, 0.3) is 8.32 Å². The van der Waals surface area contributed by atoms with Crippen LogP contribution in [0.3, 0.4) is 0 Å². The summed E-state index contributed by atoms with van der Waals surface area (Å²) in [5.41, 5.74) is 2.05. The summed E-state index contributed by atoms with van der Waals surface area (Å²) in [4.78, 5) is 0.352. The van der Waals surface area contributed by atoms with Crippen LogP contribution in [0.25, 0.3) is 0 Å². The minimum atomic E-state index is -3.60. The lowest BCUT2D eigenvalue weighted by molar-refractivity contribution is 0.134. The summed E-state index contributed by atoms with van der Waals surface area (Å²) in [5, 5.41) is 2.43. The molecule has 1 aliphatic carbocycles. The maximum absolute atomic E-state index is 13.6. The summed E-state index contributed by atoms with van der Waals surface area (Å²) in [5.74, 6) is 0.631. The molecule has 39 heavy (non-hydrogen) atoms. The Balaban J connectivity index is 1.49. The third-order valence-corrected chi connectivity index (χ3v) is 15.9. The molecule has 1 saturated heterocycles. The highest BCUT2D eigenvalue weighted by Gasteiger charge is 2.55. The van der Waals surface area contributed by atoms with Crippen LogP contribution in [0.4, 0.5) is 0 Å². The van der Waals surface area contributed by atoms with Gasteiger partial charge < -0.3 is 4.43 Å². The first-order valence-electron chi connectivity index (χ1n) is 14.0. The maximum atomic E-state index is 13.6. The van der Waals surface area contributed by atoms with Crippen LogP contribution in [0.1, 0.15) is 39.7 Å². The topological polar surface area (TPSA) is 46.6 Å². The van der Waals surface area contributed by atoms with E-state index in [0.29, 0.717) is 18.0 Å². The zero-order valence-corrected chi connectivity index (χ0v) is 25.6. The Kier molecular flexibility index (Phi) is 7.53. The molecule has 5 rings (SSSR count). The Bertz CT molecular complexity index is 1380. The molecule has 0 N–H and O–H groups in total. The van der Waals surface area contributed by atoms with E-state index in [0.717, 1.165) is 17.6 Å². The minimum Gasteiger partial charge on any atom is -0.404 e. The maximum Gasteiger partial charge on any atom is 0.261 e. The van der Waals surface area contributed by atoms with Gasteiger partial charge in [-0.05, 0) is 58.6 Å². The van der Waals surface area contributed by atoms with Crippen LogP contribution < -0.4 is 10.4 Å². The van der Waals surface area contributed by atoms with Gasteiger partial charge >= 0.3 is 0 Å². The second-order valence-corrected chi connectivity index (χ2v) is 18.6. The molecule has 0 spiro atoms. The number of nitrogens with zero attached hydrogens (tertiary/aromatic N) is 1. The van der Waals surface area contributed by atoms with Gasteiger partial charge in [-0.3, -0.25) is 0 Å². The molecule has 4 atom stereocenters. The van der Waals surface area contributed by atoms with Gasteiger partial charge in [0.2, 0.25) is 10.0 Å². The lowest BCUT2D eigenvalue weighted by atomic mass is 9.83. The predicted octanol–water partition coefficient (Wildman–Crippen LogP) is 5.77. The zero-order chi connectivity index (χ0) is 28.0. The van der Waals surface area contributed by atoms with Crippen LogP contribution in [0.2, 0.25) is 5.04 Å². The van der Waals surface area contributed by atoms with Crippen LogP contribution in [0.15, 0.2) is 102 Å². The monoisotopic (exact) mass is 559 g/mol. The Labute approximate surface area is 235 Å². The highest BCUT2D eigenvalue weighted by Crippen LogP contribution is 2.49. The van der Waals surface area contributed by atoms with Crippen molar-refractivity contribution in [2.45, 2.75) is 57.1 Å². The van der Waals surface area contributed by atoms with E-state index in [9.17, 15) is 8.42 Å². The molecule has 2 aliphatic rings. The quantitative estimate of drug-likeness (QED) is 0.284.